The van der Waals surface area contributed by atoms with E-state index in [2.05, 4.69) is 56.3 Å². The van der Waals surface area contributed by atoms with Crippen molar-refractivity contribution in [1.29, 1.82) is 0 Å². The van der Waals surface area contributed by atoms with Gasteiger partial charge in [-0.3, -0.25) is 9.78 Å². The van der Waals surface area contributed by atoms with Gasteiger partial charge in [0.05, 0.1) is 11.3 Å². The number of pyridine rings is 1. The number of nitrogens with zero attached hydrogens (tertiary/aromatic N) is 1. The van der Waals surface area contributed by atoms with Gasteiger partial charge in [0.1, 0.15) is 0 Å². The molecule has 4 heteroatoms. The molecule has 0 spiro atoms. The van der Waals surface area contributed by atoms with E-state index in [1.54, 1.807) is 0 Å². The molecule has 0 amide bonds. The van der Waals surface area contributed by atoms with Crippen LogP contribution in [0.5, 0.6) is 0 Å². The van der Waals surface area contributed by atoms with Crippen molar-refractivity contribution in [2.24, 2.45) is 11.8 Å². The molecule has 215 valence electrons. The Bertz CT molecular complexity index is 1220. The Morgan fingerprint density at radius 2 is 1.56 bits per heavy atom. The summed E-state index contributed by atoms with van der Waals surface area (Å²) in [5, 5.41) is 11.2. The fraction of sp³-hybridized carbons (Fsp3) is 0.486. The van der Waals surface area contributed by atoms with Crippen molar-refractivity contribution in [2.75, 3.05) is 0 Å². The standard InChI is InChI=1S/C21H20N.C13H24O2.CH4.Ir/c1-14-10-15(2)12-18(11-14)20-13-17-7-4-3-6-16-8-5-9-19(22-20)21(16)17;1-5-10(6-2)12(14)9-13(15)11(7-3)8-4;;/h5,8-11,13H,3-4,6-7H2,1-2H3;9-11,14H,5-8H2,1-4H3;1H4;/q-1;;;. The van der Waals surface area contributed by atoms with Crippen LogP contribution in [0, 0.1) is 31.7 Å². The van der Waals surface area contributed by atoms with Crippen LogP contribution in [0.1, 0.15) is 95.9 Å². The Morgan fingerprint density at radius 1 is 0.949 bits per heavy atom. The summed E-state index contributed by atoms with van der Waals surface area (Å²) < 4.78 is 0. The predicted molar refractivity (Wildman–Crippen MR) is 163 cm³/mol. The van der Waals surface area contributed by atoms with E-state index < -0.39 is 0 Å². The Balaban J connectivity index is 0.000000401. The zero-order valence-corrected chi connectivity index (χ0v) is 26.4. The molecule has 0 atom stereocenters. The molecule has 0 fully saturated rings. The molecule has 0 saturated carbocycles. The summed E-state index contributed by atoms with van der Waals surface area (Å²) in [6.45, 7) is 12.3. The van der Waals surface area contributed by atoms with Gasteiger partial charge in [-0.05, 0) is 74.3 Å². The van der Waals surface area contributed by atoms with Crippen LogP contribution in [-0.4, -0.2) is 15.9 Å². The number of carbonyl (C=O) groups excluding carboxylic acids is 1. The molecule has 0 unspecified atom stereocenters. The first-order chi connectivity index (χ1) is 17.8. The first-order valence-corrected chi connectivity index (χ1v) is 14.2. The third-order valence-electron chi connectivity index (χ3n) is 7.65. The van der Waals surface area contributed by atoms with Crippen LogP contribution in [-0.2, 0) is 37.7 Å². The zero-order valence-electron chi connectivity index (χ0n) is 24.0. The smallest absolute Gasteiger partial charge is 0.162 e. The number of allylic oxidation sites excluding steroid dienone is 2. The number of hydrogen-bond donors (Lipinski definition) is 1. The van der Waals surface area contributed by atoms with E-state index in [-0.39, 0.29) is 50.9 Å². The number of aryl methyl sites for hydroxylation is 4. The van der Waals surface area contributed by atoms with Crippen LogP contribution in [0.25, 0.3) is 22.2 Å². The normalized spacial score (nSPS) is 12.8. The number of ketones is 1. The second-order valence-electron chi connectivity index (χ2n) is 10.4. The zero-order chi connectivity index (χ0) is 26.9. The van der Waals surface area contributed by atoms with Crippen LogP contribution >= 0.6 is 0 Å². The van der Waals surface area contributed by atoms with Gasteiger partial charge >= 0.3 is 0 Å². The molecule has 1 N–H and O–H groups in total. The fourth-order valence-electron chi connectivity index (χ4n) is 5.44. The minimum Gasteiger partial charge on any atom is -0.512 e. The summed E-state index contributed by atoms with van der Waals surface area (Å²) in [6.07, 6.45) is 9.79. The van der Waals surface area contributed by atoms with Crippen molar-refractivity contribution in [1.82, 2.24) is 4.98 Å². The van der Waals surface area contributed by atoms with Gasteiger partial charge in [0.2, 0.25) is 0 Å². The van der Waals surface area contributed by atoms with Gasteiger partial charge in [-0.15, -0.1) is 34.9 Å². The van der Waals surface area contributed by atoms with Crippen molar-refractivity contribution in [3.63, 3.8) is 0 Å². The number of aliphatic hydroxyl groups is 1. The number of rotatable bonds is 8. The summed E-state index contributed by atoms with van der Waals surface area (Å²) in [5.41, 5.74) is 8.69. The topological polar surface area (TPSA) is 50.2 Å². The first-order valence-electron chi connectivity index (χ1n) is 14.2. The van der Waals surface area contributed by atoms with Crippen LogP contribution < -0.4 is 0 Å². The SMILES string of the molecule is C.CCC(CC)C(=O)C=C(O)C(CC)CC.Cc1[c-]c(-c2cc3c4c(cccc4n2)CCCC3)cc(C)c1.[Ir]. The molecule has 3 aromatic rings. The molecule has 39 heavy (non-hydrogen) atoms. The molecule has 1 heterocycles. The van der Waals surface area contributed by atoms with E-state index in [1.807, 2.05) is 27.7 Å². The van der Waals surface area contributed by atoms with Gasteiger partial charge in [0.25, 0.3) is 0 Å². The maximum Gasteiger partial charge on any atom is 0.162 e. The molecule has 2 aromatic carbocycles. The molecule has 0 aliphatic heterocycles. The van der Waals surface area contributed by atoms with E-state index in [1.165, 1.54) is 53.0 Å². The molecule has 1 aromatic heterocycles. The van der Waals surface area contributed by atoms with Gasteiger partial charge in [0, 0.05) is 43.4 Å². The number of aliphatic hydroxyl groups excluding tert-OH is 1. The average Bonchev–Trinajstić information content (AvgIpc) is 3.08. The van der Waals surface area contributed by atoms with Gasteiger partial charge in [-0.1, -0.05) is 67.2 Å². The average molecular weight is 707 g/mol. The predicted octanol–water partition coefficient (Wildman–Crippen LogP) is 9.70. The monoisotopic (exact) mass is 707 g/mol. The summed E-state index contributed by atoms with van der Waals surface area (Å²) in [5.74, 6) is 0.547. The molecular formula is C35H48IrNO2-. The van der Waals surface area contributed by atoms with Gasteiger partial charge in [-0.2, -0.15) is 0 Å². The van der Waals surface area contributed by atoms with Crippen molar-refractivity contribution in [3.05, 3.63) is 76.6 Å². The number of benzene rings is 2. The molecule has 1 aliphatic rings. The van der Waals surface area contributed by atoms with Crippen molar-refractivity contribution in [2.45, 2.75) is 100 Å². The molecule has 4 rings (SSSR count). The van der Waals surface area contributed by atoms with E-state index in [9.17, 15) is 9.90 Å². The number of hydrogen-bond acceptors (Lipinski definition) is 3. The minimum absolute atomic E-state index is 0. The van der Waals surface area contributed by atoms with Gasteiger partial charge in [-0.25, -0.2) is 0 Å². The molecule has 0 saturated heterocycles. The van der Waals surface area contributed by atoms with Gasteiger partial charge < -0.3 is 5.11 Å². The third-order valence-corrected chi connectivity index (χ3v) is 7.65. The van der Waals surface area contributed by atoms with E-state index in [0.29, 0.717) is 0 Å². The summed E-state index contributed by atoms with van der Waals surface area (Å²) in [6, 6.07) is 16.7. The van der Waals surface area contributed by atoms with Crippen molar-refractivity contribution >= 4 is 16.7 Å². The van der Waals surface area contributed by atoms with Crippen LogP contribution in [0.15, 0.2) is 48.2 Å². The van der Waals surface area contributed by atoms with Crippen LogP contribution in [0.4, 0.5) is 0 Å². The largest absolute Gasteiger partial charge is 0.512 e. The summed E-state index contributed by atoms with van der Waals surface area (Å²) in [4.78, 5) is 16.7. The second-order valence-corrected chi connectivity index (χ2v) is 10.4. The van der Waals surface area contributed by atoms with E-state index >= 15 is 0 Å². The quantitative estimate of drug-likeness (QED) is 0.144. The Morgan fingerprint density at radius 3 is 2.15 bits per heavy atom. The number of aromatic nitrogens is 1. The second kappa shape index (κ2) is 16.7. The summed E-state index contributed by atoms with van der Waals surface area (Å²) >= 11 is 0. The fourth-order valence-corrected chi connectivity index (χ4v) is 5.44. The molecule has 3 nitrogen and oxygen atoms in total. The molecular weight excluding hydrogens is 659 g/mol. The summed E-state index contributed by atoms with van der Waals surface area (Å²) in [7, 11) is 0. The van der Waals surface area contributed by atoms with E-state index in [4.69, 9.17) is 4.98 Å². The number of carbonyl (C=O) groups is 1. The molecule has 1 aliphatic carbocycles. The van der Waals surface area contributed by atoms with Crippen LogP contribution in [0.2, 0.25) is 0 Å². The van der Waals surface area contributed by atoms with Crippen LogP contribution in [0.3, 0.4) is 0 Å². The Hall–Kier alpha value is -2.29. The molecule has 0 bridgehead atoms. The van der Waals surface area contributed by atoms with E-state index in [0.717, 1.165) is 48.9 Å². The third kappa shape index (κ3) is 9.12. The van der Waals surface area contributed by atoms with Crippen molar-refractivity contribution in [3.8, 4) is 11.3 Å². The minimum atomic E-state index is 0. The van der Waals surface area contributed by atoms with Crippen molar-refractivity contribution < 1.29 is 30.0 Å². The Labute approximate surface area is 250 Å². The maximum absolute atomic E-state index is 11.7. The maximum atomic E-state index is 11.7. The first kappa shape index (κ1) is 34.7. The molecule has 1 radical (unpaired) electrons. The van der Waals surface area contributed by atoms with Gasteiger partial charge in [0.15, 0.2) is 5.78 Å². The Kier molecular flexibility index (Phi) is 14.9.